The normalized spacial score (nSPS) is 12.0. The highest BCUT2D eigenvalue weighted by Gasteiger charge is 2.21. The lowest BCUT2D eigenvalue weighted by molar-refractivity contribution is 0.394. The summed E-state index contributed by atoms with van der Waals surface area (Å²) in [5, 5.41) is 3.13. The van der Waals surface area contributed by atoms with Gasteiger partial charge in [-0.1, -0.05) is 15.9 Å². The Balaban J connectivity index is 2.57. The van der Waals surface area contributed by atoms with Gasteiger partial charge in [0.05, 0.1) is 20.3 Å². The van der Waals surface area contributed by atoms with Crippen molar-refractivity contribution in [3.05, 3.63) is 57.8 Å². The number of methoxy groups -OCH3 is 2. The zero-order valence-corrected chi connectivity index (χ0v) is 13.7. The van der Waals surface area contributed by atoms with E-state index in [-0.39, 0.29) is 11.9 Å². The molecule has 0 bridgehead atoms. The molecule has 1 unspecified atom stereocenters. The van der Waals surface area contributed by atoms with Gasteiger partial charge in [-0.3, -0.25) is 0 Å². The van der Waals surface area contributed by atoms with Crippen LogP contribution in [0.3, 0.4) is 0 Å². The molecular formula is C16H17BrFNO2. The van der Waals surface area contributed by atoms with Crippen molar-refractivity contribution in [2.24, 2.45) is 0 Å². The minimum absolute atomic E-state index is 0.276. The number of rotatable bonds is 5. The van der Waals surface area contributed by atoms with Crippen molar-refractivity contribution in [3.8, 4) is 11.5 Å². The zero-order valence-electron chi connectivity index (χ0n) is 12.1. The van der Waals surface area contributed by atoms with E-state index in [1.165, 1.54) is 6.07 Å². The lowest BCUT2D eigenvalue weighted by atomic mass is 9.97. The molecule has 1 atom stereocenters. The van der Waals surface area contributed by atoms with E-state index in [0.29, 0.717) is 17.1 Å². The van der Waals surface area contributed by atoms with Crippen LogP contribution >= 0.6 is 15.9 Å². The van der Waals surface area contributed by atoms with Crippen molar-refractivity contribution in [2.75, 3.05) is 21.3 Å². The molecule has 2 aromatic rings. The zero-order chi connectivity index (χ0) is 15.4. The summed E-state index contributed by atoms with van der Waals surface area (Å²) in [6.07, 6.45) is 0. The van der Waals surface area contributed by atoms with E-state index in [0.717, 1.165) is 10.0 Å². The van der Waals surface area contributed by atoms with Gasteiger partial charge in [-0.15, -0.1) is 0 Å². The van der Waals surface area contributed by atoms with Crippen LogP contribution in [0.15, 0.2) is 40.9 Å². The summed E-state index contributed by atoms with van der Waals surface area (Å²) in [6.45, 7) is 0. The Hall–Kier alpha value is -1.59. The Bertz CT molecular complexity index is 634. The number of hydrogen-bond donors (Lipinski definition) is 1. The molecule has 2 rings (SSSR count). The van der Waals surface area contributed by atoms with Crippen LogP contribution in [0.25, 0.3) is 0 Å². The highest BCUT2D eigenvalue weighted by atomic mass is 79.9. The first-order chi connectivity index (χ1) is 10.1. The molecule has 0 aliphatic carbocycles. The molecule has 0 saturated heterocycles. The van der Waals surface area contributed by atoms with E-state index in [4.69, 9.17) is 9.47 Å². The lowest BCUT2D eigenvalue weighted by Crippen LogP contribution is -2.20. The smallest absolute Gasteiger partial charge is 0.128 e. The van der Waals surface area contributed by atoms with Crippen molar-refractivity contribution in [2.45, 2.75) is 6.04 Å². The van der Waals surface area contributed by atoms with Gasteiger partial charge in [0.1, 0.15) is 17.3 Å². The third-order valence-corrected chi connectivity index (χ3v) is 3.80. The third kappa shape index (κ3) is 3.36. The fraction of sp³-hybridized carbons (Fsp3) is 0.250. The molecule has 3 nitrogen and oxygen atoms in total. The fourth-order valence-corrected chi connectivity index (χ4v) is 2.66. The number of hydrogen-bond acceptors (Lipinski definition) is 3. The molecule has 5 heteroatoms. The minimum Gasteiger partial charge on any atom is -0.497 e. The number of benzene rings is 2. The molecular weight excluding hydrogens is 337 g/mol. The molecule has 2 aromatic carbocycles. The maximum absolute atomic E-state index is 14.2. The van der Waals surface area contributed by atoms with Crippen LogP contribution in [-0.2, 0) is 0 Å². The average molecular weight is 354 g/mol. The SMILES string of the molecule is CNC(c1cc(Br)ccc1F)c1cc(OC)ccc1OC. The van der Waals surface area contributed by atoms with E-state index in [1.807, 2.05) is 18.2 Å². The van der Waals surface area contributed by atoms with Gasteiger partial charge in [-0.25, -0.2) is 4.39 Å². The monoisotopic (exact) mass is 353 g/mol. The molecule has 21 heavy (non-hydrogen) atoms. The summed E-state index contributed by atoms with van der Waals surface area (Å²) < 4.78 is 25.6. The second-order valence-electron chi connectivity index (χ2n) is 4.50. The molecule has 1 N–H and O–H groups in total. The Morgan fingerprint density at radius 2 is 1.81 bits per heavy atom. The molecule has 0 amide bonds. The topological polar surface area (TPSA) is 30.5 Å². The van der Waals surface area contributed by atoms with E-state index in [2.05, 4.69) is 21.2 Å². The quantitative estimate of drug-likeness (QED) is 0.883. The Kier molecular flexibility index (Phi) is 5.20. The van der Waals surface area contributed by atoms with Crippen molar-refractivity contribution in [3.63, 3.8) is 0 Å². The molecule has 112 valence electrons. The average Bonchev–Trinajstić information content (AvgIpc) is 2.51. The first kappa shape index (κ1) is 15.8. The Morgan fingerprint density at radius 1 is 1.05 bits per heavy atom. The van der Waals surface area contributed by atoms with E-state index >= 15 is 0 Å². The summed E-state index contributed by atoms with van der Waals surface area (Å²) in [7, 11) is 4.97. The molecule has 0 spiro atoms. The van der Waals surface area contributed by atoms with Gasteiger partial charge in [0.2, 0.25) is 0 Å². The maximum Gasteiger partial charge on any atom is 0.128 e. The van der Waals surface area contributed by atoms with Crippen molar-refractivity contribution in [1.29, 1.82) is 0 Å². The van der Waals surface area contributed by atoms with Gasteiger partial charge >= 0.3 is 0 Å². The van der Waals surface area contributed by atoms with Crippen LogP contribution in [0.4, 0.5) is 4.39 Å². The molecule has 0 heterocycles. The second-order valence-corrected chi connectivity index (χ2v) is 5.41. The van der Waals surface area contributed by atoms with Crippen LogP contribution in [0.1, 0.15) is 17.2 Å². The van der Waals surface area contributed by atoms with Gasteiger partial charge in [-0.2, -0.15) is 0 Å². The van der Waals surface area contributed by atoms with Gasteiger partial charge in [-0.05, 0) is 43.4 Å². The first-order valence-electron chi connectivity index (χ1n) is 6.44. The Morgan fingerprint density at radius 3 is 2.43 bits per heavy atom. The standard InChI is InChI=1S/C16H17BrFNO2/c1-19-16(12-8-10(17)4-6-14(12)18)13-9-11(20-2)5-7-15(13)21-3/h4-9,16,19H,1-3H3. The molecule has 0 fully saturated rings. The van der Waals surface area contributed by atoms with E-state index in [1.54, 1.807) is 33.4 Å². The summed E-state index contributed by atoms with van der Waals surface area (Å²) in [4.78, 5) is 0. The predicted molar refractivity (Wildman–Crippen MR) is 84.5 cm³/mol. The van der Waals surface area contributed by atoms with Crippen LogP contribution in [0.5, 0.6) is 11.5 Å². The summed E-state index contributed by atoms with van der Waals surface area (Å²) in [5.74, 6) is 1.10. The third-order valence-electron chi connectivity index (χ3n) is 3.31. The highest BCUT2D eigenvalue weighted by molar-refractivity contribution is 9.10. The summed E-state index contributed by atoms with van der Waals surface area (Å²) in [5.41, 5.74) is 1.36. The largest absolute Gasteiger partial charge is 0.497 e. The molecule has 0 saturated carbocycles. The van der Waals surface area contributed by atoms with E-state index in [9.17, 15) is 4.39 Å². The minimum atomic E-state index is -0.340. The first-order valence-corrected chi connectivity index (χ1v) is 7.24. The van der Waals surface area contributed by atoms with Crippen molar-refractivity contribution >= 4 is 15.9 Å². The van der Waals surface area contributed by atoms with E-state index < -0.39 is 0 Å². The number of halogens is 2. The summed E-state index contributed by atoms with van der Waals surface area (Å²) in [6, 6.07) is 10.0. The maximum atomic E-state index is 14.2. The predicted octanol–water partition coefficient (Wildman–Crippen LogP) is 3.91. The van der Waals surface area contributed by atoms with Gasteiger partial charge in [0, 0.05) is 15.6 Å². The highest BCUT2D eigenvalue weighted by Crippen LogP contribution is 2.34. The molecule has 0 radical (unpaired) electrons. The van der Waals surface area contributed by atoms with Crippen LogP contribution in [0, 0.1) is 5.82 Å². The number of nitrogens with one attached hydrogen (secondary N) is 1. The van der Waals surface area contributed by atoms with Crippen LogP contribution in [-0.4, -0.2) is 21.3 Å². The van der Waals surface area contributed by atoms with Gasteiger partial charge in [0.25, 0.3) is 0 Å². The lowest BCUT2D eigenvalue weighted by Gasteiger charge is -2.21. The Labute approximate surface area is 132 Å². The fourth-order valence-electron chi connectivity index (χ4n) is 2.28. The molecule has 0 aromatic heterocycles. The van der Waals surface area contributed by atoms with Crippen molar-refractivity contribution < 1.29 is 13.9 Å². The molecule has 0 aliphatic heterocycles. The second kappa shape index (κ2) is 6.91. The molecule has 0 aliphatic rings. The number of ether oxygens (including phenoxy) is 2. The van der Waals surface area contributed by atoms with Gasteiger partial charge < -0.3 is 14.8 Å². The van der Waals surface area contributed by atoms with Crippen molar-refractivity contribution in [1.82, 2.24) is 5.32 Å². The van der Waals surface area contributed by atoms with Gasteiger partial charge in [0.15, 0.2) is 0 Å². The van der Waals surface area contributed by atoms with Crippen LogP contribution < -0.4 is 14.8 Å². The summed E-state index contributed by atoms with van der Waals surface area (Å²) >= 11 is 3.38. The van der Waals surface area contributed by atoms with Crippen LogP contribution in [0.2, 0.25) is 0 Å².